The van der Waals surface area contributed by atoms with Crippen molar-refractivity contribution in [3.8, 4) is 0 Å². The van der Waals surface area contributed by atoms with Gasteiger partial charge in [-0.05, 0) is 28.8 Å². The number of halogens is 2. The summed E-state index contributed by atoms with van der Waals surface area (Å²) in [6.45, 7) is 1.99. The Bertz CT molecular complexity index is 621. The molecular weight excluding hydrogens is 232 g/mol. The molecule has 0 heterocycles. The molecule has 0 amide bonds. The normalized spacial score (nSPS) is 25.3. The van der Waals surface area contributed by atoms with E-state index in [1.54, 1.807) is 0 Å². The van der Waals surface area contributed by atoms with Crippen molar-refractivity contribution in [2.45, 2.75) is 24.7 Å². The Kier molecular flexibility index (Phi) is 2.26. The van der Waals surface area contributed by atoms with Crippen LogP contribution in [0.3, 0.4) is 0 Å². The highest BCUT2D eigenvalue weighted by Gasteiger charge is 2.71. The number of hydrogen-bond acceptors (Lipinski definition) is 1. The Labute approximate surface area is 105 Å². The van der Waals surface area contributed by atoms with Gasteiger partial charge in [-0.15, -0.1) is 0 Å². The van der Waals surface area contributed by atoms with Gasteiger partial charge in [-0.3, -0.25) is 0 Å². The van der Waals surface area contributed by atoms with Crippen LogP contribution in [0.2, 0.25) is 0 Å². The van der Waals surface area contributed by atoms with Crippen LogP contribution >= 0.6 is 0 Å². The van der Waals surface area contributed by atoms with Crippen molar-refractivity contribution in [3.05, 3.63) is 47.5 Å². The van der Waals surface area contributed by atoms with E-state index < -0.39 is 11.3 Å². The van der Waals surface area contributed by atoms with E-state index in [1.165, 1.54) is 0 Å². The lowest BCUT2D eigenvalue weighted by Gasteiger charge is -2.18. The lowest BCUT2D eigenvalue weighted by molar-refractivity contribution is 0.0899. The fourth-order valence-electron chi connectivity index (χ4n) is 2.83. The average molecular weight is 247 g/mol. The summed E-state index contributed by atoms with van der Waals surface area (Å²) in [4.78, 5) is 0. The molecule has 18 heavy (non-hydrogen) atoms. The van der Waals surface area contributed by atoms with Gasteiger partial charge in [0.2, 0.25) is 0 Å². The Hall–Kier alpha value is -1.48. The number of alkyl halides is 2. The molecule has 94 valence electrons. The van der Waals surface area contributed by atoms with E-state index in [1.807, 2.05) is 43.3 Å². The SMILES string of the molecule is Cc1ccc(C2(CN)CC2(F)F)c2ccccc12. The van der Waals surface area contributed by atoms with E-state index in [0.717, 1.165) is 16.3 Å². The summed E-state index contributed by atoms with van der Waals surface area (Å²) in [5.74, 6) is -2.67. The molecule has 1 aliphatic carbocycles. The molecule has 0 saturated heterocycles. The summed E-state index contributed by atoms with van der Waals surface area (Å²) >= 11 is 0. The maximum absolute atomic E-state index is 13.7. The lowest BCUT2D eigenvalue weighted by Crippen LogP contribution is -2.27. The third-order valence-corrected chi connectivity index (χ3v) is 4.11. The van der Waals surface area contributed by atoms with Crippen molar-refractivity contribution in [2.24, 2.45) is 5.73 Å². The fraction of sp³-hybridized carbons (Fsp3) is 0.333. The highest BCUT2D eigenvalue weighted by Crippen LogP contribution is 2.62. The van der Waals surface area contributed by atoms with Crippen LogP contribution in [0.15, 0.2) is 36.4 Å². The molecular formula is C15H15F2N. The predicted octanol–water partition coefficient (Wildman–Crippen LogP) is 3.38. The van der Waals surface area contributed by atoms with Gasteiger partial charge in [0, 0.05) is 13.0 Å². The first-order valence-electron chi connectivity index (χ1n) is 6.08. The minimum atomic E-state index is -2.67. The van der Waals surface area contributed by atoms with E-state index in [4.69, 9.17) is 5.73 Å². The topological polar surface area (TPSA) is 26.0 Å². The standard InChI is InChI=1S/C15H15F2N/c1-10-6-7-13(12-5-3-2-4-11(10)12)14(9-18)8-15(14,16)17/h2-7H,8-9,18H2,1H3. The van der Waals surface area contributed by atoms with E-state index >= 15 is 0 Å². The number of hydrogen-bond donors (Lipinski definition) is 1. The third-order valence-electron chi connectivity index (χ3n) is 4.11. The zero-order chi connectivity index (χ0) is 13.0. The molecule has 2 N–H and O–H groups in total. The fourth-order valence-corrected chi connectivity index (χ4v) is 2.83. The molecule has 2 aromatic carbocycles. The molecule has 2 aromatic rings. The molecule has 1 nitrogen and oxygen atoms in total. The Morgan fingerprint density at radius 1 is 1.11 bits per heavy atom. The Morgan fingerprint density at radius 3 is 2.28 bits per heavy atom. The molecule has 1 unspecified atom stereocenters. The zero-order valence-electron chi connectivity index (χ0n) is 10.2. The average Bonchev–Trinajstić information content (AvgIpc) is 2.93. The summed E-state index contributed by atoms with van der Waals surface area (Å²) < 4.78 is 27.4. The highest BCUT2D eigenvalue weighted by molar-refractivity contribution is 5.90. The van der Waals surface area contributed by atoms with Gasteiger partial charge in [-0.1, -0.05) is 36.4 Å². The van der Waals surface area contributed by atoms with Crippen LogP contribution in [0, 0.1) is 6.92 Å². The van der Waals surface area contributed by atoms with Crippen LogP contribution in [0.4, 0.5) is 8.78 Å². The van der Waals surface area contributed by atoms with Gasteiger partial charge >= 0.3 is 0 Å². The van der Waals surface area contributed by atoms with Crippen molar-refractivity contribution >= 4 is 10.8 Å². The van der Waals surface area contributed by atoms with E-state index in [2.05, 4.69) is 0 Å². The second-order valence-corrected chi connectivity index (χ2v) is 5.14. The van der Waals surface area contributed by atoms with E-state index in [-0.39, 0.29) is 13.0 Å². The summed E-state index contributed by atoms with van der Waals surface area (Å²) in [6.07, 6.45) is -0.135. The van der Waals surface area contributed by atoms with Crippen molar-refractivity contribution < 1.29 is 8.78 Å². The lowest BCUT2D eigenvalue weighted by atomic mass is 9.89. The molecule has 1 saturated carbocycles. The van der Waals surface area contributed by atoms with Crippen LogP contribution in [0.25, 0.3) is 10.8 Å². The molecule has 1 aliphatic rings. The molecule has 0 aliphatic heterocycles. The number of fused-ring (bicyclic) bond motifs is 1. The van der Waals surface area contributed by atoms with Crippen LogP contribution < -0.4 is 5.73 Å². The number of nitrogens with two attached hydrogens (primary N) is 1. The van der Waals surface area contributed by atoms with E-state index in [9.17, 15) is 8.78 Å². The van der Waals surface area contributed by atoms with Crippen molar-refractivity contribution in [2.75, 3.05) is 6.54 Å². The first kappa shape index (κ1) is 11.6. The first-order chi connectivity index (χ1) is 8.52. The quantitative estimate of drug-likeness (QED) is 0.865. The van der Waals surface area contributed by atoms with Crippen molar-refractivity contribution in [1.29, 1.82) is 0 Å². The van der Waals surface area contributed by atoms with Gasteiger partial charge in [0.25, 0.3) is 5.92 Å². The van der Waals surface area contributed by atoms with Gasteiger partial charge < -0.3 is 5.73 Å². The van der Waals surface area contributed by atoms with Gasteiger partial charge in [0.1, 0.15) is 0 Å². The van der Waals surface area contributed by atoms with Crippen LogP contribution in [-0.4, -0.2) is 12.5 Å². The Morgan fingerprint density at radius 2 is 1.72 bits per heavy atom. The Balaban J connectivity index is 2.29. The van der Waals surface area contributed by atoms with Crippen LogP contribution in [0.5, 0.6) is 0 Å². The summed E-state index contributed by atoms with van der Waals surface area (Å²) in [5.41, 5.74) is 6.27. The smallest absolute Gasteiger partial charge is 0.260 e. The van der Waals surface area contributed by atoms with Gasteiger partial charge in [-0.2, -0.15) is 0 Å². The van der Waals surface area contributed by atoms with Crippen LogP contribution in [0.1, 0.15) is 17.5 Å². The van der Waals surface area contributed by atoms with E-state index in [0.29, 0.717) is 5.56 Å². The molecule has 1 fully saturated rings. The number of benzene rings is 2. The van der Waals surface area contributed by atoms with Gasteiger partial charge in [0.15, 0.2) is 0 Å². The second kappa shape index (κ2) is 3.51. The molecule has 0 radical (unpaired) electrons. The van der Waals surface area contributed by atoms with Gasteiger partial charge in [0.05, 0.1) is 5.41 Å². The first-order valence-corrected chi connectivity index (χ1v) is 6.08. The molecule has 0 bridgehead atoms. The van der Waals surface area contributed by atoms with Gasteiger partial charge in [-0.25, -0.2) is 8.78 Å². The maximum atomic E-state index is 13.7. The minimum Gasteiger partial charge on any atom is -0.329 e. The predicted molar refractivity (Wildman–Crippen MR) is 69.0 cm³/mol. The molecule has 3 rings (SSSR count). The minimum absolute atomic E-state index is 0.00689. The monoisotopic (exact) mass is 247 g/mol. The zero-order valence-corrected chi connectivity index (χ0v) is 10.2. The molecule has 1 atom stereocenters. The third kappa shape index (κ3) is 1.34. The van der Waals surface area contributed by atoms with Crippen LogP contribution in [-0.2, 0) is 5.41 Å². The summed E-state index contributed by atoms with van der Waals surface area (Å²) in [5, 5.41) is 1.94. The summed E-state index contributed by atoms with van der Waals surface area (Å²) in [6, 6.07) is 11.4. The second-order valence-electron chi connectivity index (χ2n) is 5.14. The summed E-state index contributed by atoms with van der Waals surface area (Å²) in [7, 11) is 0. The van der Waals surface area contributed by atoms with Crippen molar-refractivity contribution in [1.82, 2.24) is 0 Å². The highest BCUT2D eigenvalue weighted by atomic mass is 19.3. The molecule has 0 spiro atoms. The van der Waals surface area contributed by atoms with Crippen molar-refractivity contribution in [3.63, 3.8) is 0 Å². The largest absolute Gasteiger partial charge is 0.329 e. The molecule has 3 heteroatoms. The number of rotatable bonds is 2. The molecule has 0 aromatic heterocycles. The number of aryl methyl sites for hydroxylation is 1. The maximum Gasteiger partial charge on any atom is 0.260 e.